The summed E-state index contributed by atoms with van der Waals surface area (Å²) in [5.41, 5.74) is 2.41. The van der Waals surface area contributed by atoms with Crippen LogP contribution < -0.4 is 0 Å². The van der Waals surface area contributed by atoms with Crippen LogP contribution in [0.2, 0.25) is 0 Å². The summed E-state index contributed by atoms with van der Waals surface area (Å²) >= 11 is 0. The number of esters is 1. The van der Waals surface area contributed by atoms with E-state index in [9.17, 15) is 4.79 Å². The van der Waals surface area contributed by atoms with Crippen LogP contribution in [-0.4, -0.2) is 12.6 Å². The quantitative estimate of drug-likeness (QED) is 0.599. The molecular weight excluding hydrogens is 236 g/mol. The van der Waals surface area contributed by atoms with Crippen molar-refractivity contribution in [3.63, 3.8) is 0 Å². The Bertz CT molecular complexity index is 434. The molecule has 1 fully saturated rings. The number of hydrogen-bond donors (Lipinski definition) is 0. The van der Waals surface area contributed by atoms with Crippen molar-refractivity contribution in [2.75, 3.05) is 6.61 Å². The Hall–Kier alpha value is -1.57. The minimum Gasteiger partial charge on any atom is -0.466 e. The Morgan fingerprint density at radius 3 is 2.79 bits per heavy atom. The van der Waals surface area contributed by atoms with Gasteiger partial charge in [0.2, 0.25) is 0 Å². The first kappa shape index (κ1) is 13.9. The third-order valence-electron chi connectivity index (χ3n) is 3.63. The van der Waals surface area contributed by atoms with Gasteiger partial charge < -0.3 is 4.74 Å². The van der Waals surface area contributed by atoms with Crippen LogP contribution in [0.5, 0.6) is 0 Å². The van der Waals surface area contributed by atoms with Gasteiger partial charge in [0.05, 0.1) is 12.5 Å². The molecule has 19 heavy (non-hydrogen) atoms. The van der Waals surface area contributed by atoms with E-state index >= 15 is 0 Å². The third kappa shape index (κ3) is 3.95. The number of hydrogen-bond acceptors (Lipinski definition) is 2. The van der Waals surface area contributed by atoms with Crippen LogP contribution in [0.15, 0.2) is 35.9 Å². The molecule has 2 heteroatoms. The molecule has 0 spiro atoms. The van der Waals surface area contributed by atoms with Crippen LogP contribution in [0.1, 0.15) is 44.6 Å². The number of ether oxygens (including phenoxy) is 1. The standard InChI is InChI=1S/C17H22O2/c1-2-19-17(18)16-12-8-4-7-11-15(16)13-14-9-5-3-6-10-14/h3,5-6,9-10,13,16H,2,4,7-8,11-12H2,1H3. The van der Waals surface area contributed by atoms with Gasteiger partial charge in [-0.1, -0.05) is 54.8 Å². The van der Waals surface area contributed by atoms with E-state index in [2.05, 4.69) is 18.2 Å². The van der Waals surface area contributed by atoms with Gasteiger partial charge in [-0.2, -0.15) is 0 Å². The normalized spacial score (nSPS) is 21.9. The highest BCUT2D eigenvalue weighted by Crippen LogP contribution is 2.30. The fourth-order valence-electron chi connectivity index (χ4n) is 2.66. The highest BCUT2D eigenvalue weighted by molar-refractivity contribution is 5.78. The summed E-state index contributed by atoms with van der Waals surface area (Å²) in [5, 5.41) is 0. The Balaban J connectivity index is 2.22. The molecule has 0 N–H and O–H groups in total. The average molecular weight is 258 g/mol. The first-order valence-electron chi connectivity index (χ1n) is 7.23. The number of carbonyl (C=O) groups is 1. The van der Waals surface area contributed by atoms with Gasteiger partial charge in [0, 0.05) is 0 Å². The van der Waals surface area contributed by atoms with Crippen molar-refractivity contribution in [2.24, 2.45) is 5.92 Å². The minimum absolute atomic E-state index is 0.0392. The van der Waals surface area contributed by atoms with Crippen LogP contribution in [0.3, 0.4) is 0 Å². The molecule has 0 aromatic heterocycles. The second-order valence-corrected chi connectivity index (χ2v) is 5.03. The molecule has 1 atom stereocenters. The lowest BCUT2D eigenvalue weighted by molar-refractivity contribution is -0.146. The zero-order valence-electron chi connectivity index (χ0n) is 11.6. The second kappa shape index (κ2) is 7.13. The Morgan fingerprint density at radius 1 is 1.26 bits per heavy atom. The summed E-state index contributed by atoms with van der Waals surface area (Å²) < 4.78 is 5.23. The zero-order chi connectivity index (χ0) is 13.5. The maximum Gasteiger partial charge on any atom is 0.313 e. The largest absolute Gasteiger partial charge is 0.466 e. The van der Waals surface area contributed by atoms with Crippen LogP contribution in [0, 0.1) is 5.92 Å². The molecule has 1 aliphatic carbocycles. The van der Waals surface area contributed by atoms with E-state index in [4.69, 9.17) is 4.74 Å². The summed E-state index contributed by atoms with van der Waals surface area (Å²) in [6, 6.07) is 10.2. The van der Waals surface area contributed by atoms with Crippen molar-refractivity contribution in [3.8, 4) is 0 Å². The molecule has 0 saturated heterocycles. The summed E-state index contributed by atoms with van der Waals surface area (Å²) in [4.78, 5) is 12.1. The highest BCUT2D eigenvalue weighted by Gasteiger charge is 2.25. The lowest BCUT2D eigenvalue weighted by Gasteiger charge is -2.16. The van der Waals surface area contributed by atoms with Gasteiger partial charge in [-0.3, -0.25) is 4.79 Å². The molecule has 1 saturated carbocycles. The van der Waals surface area contributed by atoms with Crippen molar-refractivity contribution < 1.29 is 9.53 Å². The molecule has 0 radical (unpaired) electrons. The van der Waals surface area contributed by atoms with E-state index in [1.165, 1.54) is 24.0 Å². The van der Waals surface area contributed by atoms with Gasteiger partial charge in [-0.15, -0.1) is 0 Å². The third-order valence-corrected chi connectivity index (χ3v) is 3.63. The summed E-state index contributed by atoms with van der Waals surface area (Å²) in [6.07, 6.45) is 7.62. The molecule has 0 amide bonds. The van der Waals surface area contributed by atoms with Crippen molar-refractivity contribution in [1.82, 2.24) is 0 Å². The lowest BCUT2D eigenvalue weighted by atomic mass is 9.92. The molecule has 1 aromatic carbocycles. The van der Waals surface area contributed by atoms with Crippen LogP contribution in [0.4, 0.5) is 0 Å². The summed E-state index contributed by atoms with van der Waals surface area (Å²) in [6.45, 7) is 2.34. The first-order valence-corrected chi connectivity index (χ1v) is 7.23. The average Bonchev–Trinajstić information content (AvgIpc) is 2.66. The van der Waals surface area contributed by atoms with Gasteiger partial charge in [0.15, 0.2) is 0 Å². The lowest BCUT2D eigenvalue weighted by Crippen LogP contribution is -2.19. The Labute approximate surface area is 115 Å². The van der Waals surface area contributed by atoms with Crippen LogP contribution in [-0.2, 0) is 9.53 Å². The number of carbonyl (C=O) groups excluding carboxylic acids is 1. The predicted octanol–water partition coefficient (Wildman–Crippen LogP) is 4.21. The van der Waals surface area contributed by atoms with E-state index in [0.717, 1.165) is 19.3 Å². The molecule has 0 heterocycles. The van der Waals surface area contributed by atoms with Gasteiger partial charge in [0.25, 0.3) is 0 Å². The van der Waals surface area contributed by atoms with Gasteiger partial charge in [-0.25, -0.2) is 0 Å². The topological polar surface area (TPSA) is 26.3 Å². The molecule has 102 valence electrons. The fraction of sp³-hybridized carbons (Fsp3) is 0.471. The van der Waals surface area contributed by atoms with Crippen molar-refractivity contribution in [1.29, 1.82) is 0 Å². The smallest absolute Gasteiger partial charge is 0.313 e. The molecular formula is C17H22O2. The van der Waals surface area contributed by atoms with Crippen molar-refractivity contribution >= 4 is 12.0 Å². The maximum absolute atomic E-state index is 12.1. The monoisotopic (exact) mass is 258 g/mol. The van der Waals surface area contributed by atoms with Crippen molar-refractivity contribution in [3.05, 3.63) is 41.5 Å². The van der Waals surface area contributed by atoms with E-state index in [1.54, 1.807) is 0 Å². The van der Waals surface area contributed by atoms with Gasteiger partial charge in [0.1, 0.15) is 0 Å². The number of rotatable bonds is 3. The SMILES string of the molecule is CCOC(=O)C1CCCCCC1=Cc1ccccc1. The molecule has 1 aromatic rings. The molecule has 2 rings (SSSR count). The van der Waals surface area contributed by atoms with Crippen molar-refractivity contribution in [2.45, 2.75) is 39.0 Å². The summed E-state index contributed by atoms with van der Waals surface area (Å²) in [7, 11) is 0. The maximum atomic E-state index is 12.1. The van der Waals surface area contributed by atoms with E-state index in [-0.39, 0.29) is 11.9 Å². The highest BCUT2D eigenvalue weighted by atomic mass is 16.5. The van der Waals surface area contributed by atoms with E-state index in [1.807, 2.05) is 25.1 Å². The minimum atomic E-state index is -0.0495. The van der Waals surface area contributed by atoms with Crippen LogP contribution >= 0.6 is 0 Å². The van der Waals surface area contributed by atoms with E-state index < -0.39 is 0 Å². The number of benzene rings is 1. The fourth-order valence-corrected chi connectivity index (χ4v) is 2.66. The van der Waals surface area contributed by atoms with Gasteiger partial charge >= 0.3 is 5.97 Å². The Morgan fingerprint density at radius 2 is 2.05 bits per heavy atom. The molecule has 0 bridgehead atoms. The molecule has 2 nitrogen and oxygen atoms in total. The van der Waals surface area contributed by atoms with E-state index in [0.29, 0.717) is 6.61 Å². The second-order valence-electron chi connectivity index (χ2n) is 5.03. The molecule has 1 aliphatic rings. The Kier molecular flexibility index (Phi) is 5.20. The van der Waals surface area contributed by atoms with Gasteiger partial charge in [-0.05, 0) is 31.7 Å². The zero-order valence-corrected chi connectivity index (χ0v) is 11.6. The molecule has 1 unspecified atom stereocenters. The summed E-state index contributed by atoms with van der Waals surface area (Å²) in [5.74, 6) is -0.0887. The first-order chi connectivity index (χ1) is 9.31. The molecule has 0 aliphatic heterocycles. The van der Waals surface area contributed by atoms with Crippen LogP contribution in [0.25, 0.3) is 6.08 Å². The predicted molar refractivity (Wildman–Crippen MR) is 77.6 cm³/mol.